The molecule has 0 aliphatic carbocycles. The Hall–Kier alpha value is -3.81. The van der Waals surface area contributed by atoms with Gasteiger partial charge in [-0.15, -0.1) is 0 Å². The van der Waals surface area contributed by atoms with Gasteiger partial charge in [0, 0.05) is 23.3 Å². The van der Waals surface area contributed by atoms with Gasteiger partial charge in [0.15, 0.2) is 6.26 Å². The van der Waals surface area contributed by atoms with Crippen molar-refractivity contribution in [2.75, 3.05) is 0 Å². The van der Waals surface area contributed by atoms with E-state index in [9.17, 15) is 23.3 Å². The van der Waals surface area contributed by atoms with Crippen molar-refractivity contribution in [2.24, 2.45) is 0 Å². The van der Waals surface area contributed by atoms with Crippen LogP contribution in [0.1, 0.15) is 5.56 Å². The first-order valence-corrected chi connectivity index (χ1v) is 8.35. The molecule has 145 valence electrons. The van der Waals surface area contributed by atoms with Crippen molar-refractivity contribution in [3.63, 3.8) is 0 Å². The van der Waals surface area contributed by atoms with Crippen LogP contribution in [-0.2, 0) is 6.18 Å². The first-order chi connectivity index (χ1) is 13.8. The van der Waals surface area contributed by atoms with Gasteiger partial charge in [0.2, 0.25) is 0 Å². The van der Waals surface area contributed by atoms with Crippen molar-refractivity contribution in [1.29, 1.82) is 0 Å². The zero-order valence-corrected chi connectivity index (χ0v) is 14.6. The maximum atomic E-state index is 12.9. The molecular formula is C21H11F3NO4. The summed E-state index contributed by atoms with van der Waals surface area (Å²) < 4.78 is 49.7. The van der Waals surface area contributed by atoms with Gasteiger partial charge in [-0.3, -0.25) is 10.1 Å². The number of rotatable bonds is 4. The van der Waals surface area contributed by atoms with Crippen molar-refractivity contribution in [3.05, 3.63) is 88.7 Å². The van der Waals surface area contributed by atoms with Crippen LogP contribution < -0.4 is 0 Å². The fourth-order valence-electron chi connectivity index (χ4n) is 2.80. The highest BCUT2D eigenvalue weighted by Crippen LogP contribution is 2.35. The van der Waals surface area contributed by atoms with Gasteiger partial charge in [-0.05, 0) is 42.5 Å². The fraction of sp³-hybridized carbons (Fsp3) is 0.0476. The number of nitrogens with zero attached hydrogens (tertiary/aromatic N) is 1. The molecule has 0 spiro atoms. The molecule has 0 bridgehead atoms. The molecule has 0 amide bonds. The van der Waals surface area contributed by atoms with Gasteiger partial charge in [-0.2, -0.15) is 13.2 Å². The first-order valence-electron chi connectivity index (χ1n) is 8.35. The van der Waals surface area contributed by atoms with Crippen LogP contribution in [0.4, 0.5) is 18.9 Å². The minimum Gasteiger partial charge on any atom is -0.456 e. The molecule has 2 aromatic heterocycles. The quantitative estimate of drug-likeness (QED) is 0.287. The SMILES string of the molecule is O=[N+]([O-])c1ccc(-c2ccc(-c3[c]oc(-c4cccc(C(F)(F)F)c4)c3)o2)cc1. The standard InChI is InChI=1S/C21H11F3NO4/c22-21(23,24)16-3-1-2-14(10-16)20-11-15(12-28-20)19-9-8-18(29-19)13-4-6-17(7-5-13)25(26)27/h1-11H. The molecular weight excluding hydrogens is 387 g/mol. The van der Waals surface area contributed by atoms with E-state index in [0.717, 1.165) is 12.1 Å². The number of hydrogen-bond acceptors (Lipinski definition) is 4. The third kappa shape index (κ3) is 3.77. The van der Waals surface area contributed by atoms with E-state index in [0.29, 0.717) is 22.6 Å². The highest BCUT2D eigenvalue weighted by atomic mass is 19.4. The second kappa shape index (κ2) is 6.97. The van der Waals surface area contributed by atoms with Crippen molar-refractivity contribution in [3.8, 4) is 34.0 Å². The van der Waals surface area contributed by atoms with Gasteiger partial charge >= 0.3 is 6.18 Å². The van der Waals surface area contributed by atoms with Crippen LogP contribution in [0, 0.1) is 16.4 Å². The highest BCUT2D eigenvalue weighted by Gasteiger charge is 2.30. The van der Waals surface area contributed by atoms with E-state index in [2.05, 4.69) is 6.26 Å². The summed E-state index contributed by atoms with van der Waals surface area (Å²) in [6.45, 7) is 0. The Morgan fingerprint density at radius 2 is 1.59 bits per heavy atom. The average Bonchev–Trinajstić information content (AvgIpc) is 3.37. The highest BCUT2D eigenvalue weighted by molar-refractivity contribution is 5.69. The van der Waals surface area contributed by atoms with E-state index in [4.69, 9.17) is 8.83 Å². The predicted octanol–water partition coefficient (Wildman–Crippen LogP) is 6.60. The van der Waals surface area contributed by atoms with Crippen molar-refractivity contribution < 1.29 is 26.9 Å². The molecule has 0 aliphatic rings. The molecule has 4 rings (SSSR count). The Bertz CT molecular complexity index is 1170. The lowest BCUT2D eigenvalue weighted by molar-refractivity contribution is -0.384. The van der Waals surface area contributed by atoms with Crippen molar-refractivity contribution >= 4 is 5.69 Å². The zero-order valence-electron chi connectivity index (χ0n) is 14.6. The van der Waals surface area contributed by atoms with Crippen LogP contribution in [0.15, 0.2) is 75.6 Å². The van der Waals surface area contributed by atoms with E-state index < -0.39 is 16.7 Å². The summed E-state index contributed by atoms with van der Waals surface area (Å²) in [7, 11) is 0. The van der Waals surface area contributed by atoms with E-state index in [1.54, 1.807) is 24.3 Å². The Kier molecular flexibility index (Phi) is 4.46. The molecule has 5 nitrogen and oxygen atoms in total. The van der Waals surface area contributed by atoms with Gasteiger partial charge in [-0.1, -0.05) is 12.1 Å². The maximum absolute atomic E-state index is 12.9. The van der Waals surface area contributed by atoms with Gasteiger partial charge < -0.3 is 8.83 Å². The summed E-state index contributed by atoms with van der Waals surface area (Å²) in [6, 6.07) is 15.5. The van der Waals surface area contributed by atoms with E-state index >= 15 is 0 Å². The number of benzene rings is 2. The molecule has 0 aliphatic heterocycles. The van der Waals surface area contributed by atoms with Crippen LogP contribution in [-0.4, -0.2) is 4.92 Å². The van der Waals surface area contributed by atoms with Crippen LogP contribution >= 0.6 is 0 Å². The maximum Gasteiger partial charge on any atom is 0.416 e. The topological polar surface area (TPSA) is 69.4 Å². The summed E-state index contributed by atoms with van der Waals surface area (Å²) >= 11 is 0. The molecule has 0 saturated heterocycles. The molecule has 2 heterocycles. The summed E-state index contributed by atoms with van der Waals surface area (Å²) in [5, 5.41) is 10.7. The van der Waals surface area contributed by atoms with Gasteiger partial charge in [0.25, 0.3) is 5.69 Å². The number of alkyl halides is 3. The Labute approximate surface area is 162 Å². The van der Waals surface area contributed by atoms with Crippen molar-refractivity contribution in [2.45, 2.75) is 6.18 Å². The van der Waals surface area contributed by atoms with Gasteiger partial charge in [-0.25, -0.2) is 0 Å². The zero-order chi connectivity index (χ0) is 20.6. The number of halogens is 3. The van der Waals surface area contributed by atoms with Crippen LogP contribution in [0.5, 0.6) is 0 Å². The number of nitro benzene ring substituents is 1. The Balaban J connectivity index is 1.60. The van der Waals surface area contributed by atoms with E-state index in [-0.39, 0.29) is 17.0 Å². The monoisotopic (exact) mass is 398 g/mol. The minimum absolute atomic E-state index is 0.0329. The third-order valence-electron chi connectivity index (χ3n) is 4.25. The molecule has 2 aromatic carbocycles. The smallest absolute Gasteiger partial charge is 0.416 e. The van der Waals surface area contributed by atoms with E-state index in [1.165, 1.54) is 30.3 Å². The molecule has 4 aromatic rings. The third-order valence-corrected chi connectivity index (χ3v) is 4.25. The molecule has 0 atom stereocenters. The first kappa shape index (κ1) is 18.5. The molecule has 1 radical (unpaired) electrons. The molecule has 0 N–H and O–H groups in total. The minimum atomic E-state index is -4.45. The van der Waals surface area contributed by atoms with Gasteiger partial charge in [0.05, 0.1) is 16.1 Å². The largest absolute Gasteiger partial charge is 0.456 e. The number of non-ortho nitro benzene ring substituents is 1. The van der Waals surface area contributed by atoms with Crippen LogP contribution in [0.25, 0.3) is 34.0 Å². The second-order valence-corrected chi connectivity index (χ2v) is 6.17. The lowest BCUT2D eigenvalue weighted by Crippen LogP contribution is -2.04. The van der Waals surface area contributed by atoms with Crippen molar-refractivity contribution in [1.82, 2.24) is 0 Å². The number of hydrogen-bond donors (Lipinski definition) is 0. The predicted molar refractivity (Wildman–Crippen MR) is 97.8 cm³/mol. The molecule has 0 unspecified atom stereocenters. The molecule has 29 heavy (non-hydrogen) atoms. The van der Waals surface area contributed by atoms with Crippen LogP contribution in [0.2, 0.25) is 0 Å². The average molecular weight is 398 g/mol. The normalized spacial score (nSPS) is 11.6. The second-order valence-electron chi connectivity index (χ2n) is 6.17. The molecule has 0 saturated carbocycles. The summed E-state index contributed by atoms with van der Waals surface area (Å²) in [5.41, 5.74) is 0.541. The fourth-order valence-corrected chi connectivity index (χ4v) is 2.80. The Morgan fingerprint density at radius 3 is 2.28 bits per heavy atom. The lowest BCUT2D eigenvalue weighted by Gasteiger charge is -2.07. The number of nitro groups is 1. The summed E-state index contributed by atoms with van der Waals surface area (Å²) in [5.74, 6) is 1.10. The molecule has 0 fully saturated rings. The summed E-state index contributed by atoms with van der Waals surface area (Å²) in [4.78, 5) is 10.2. The van der Waals surface area contributed by atoms with Crippen LogP contribution in [0.3, 0.4) is 0 Å². The number of furan rings is 2. The lowest BCUT2D eigenvalue weighted by atomic mass is 10.1. The van der Waals surface area contributed by atoms with E-state index in [1.807, 2.05) is 0 Å². The van der Waals surface area contributed by atoms with Gasteiger partial charge in [0.1, 0.15) is 17.3 Å². The molecule has 8 heteroatoms. The summed E-state index contributed by atoms with van der Waals surface area (Å²) in [6.07, 6.45) is -1.82. The Morgan fingerprint density at radius 1 is 0.862 bits per heavy atom.